The van der Waals surface area contributed by atoms with Gasteiger partial charge in [0.2, 0.25) is 0 Å². The first-order chi connectivity index (χ1) is 15.8. The molecule has 2 aromatic rings. The molecule has 33 heavy (non-hydrogen) atoms. The molecule has 9 heteroatoms. The molecule has 0 amide bonds. The van der Waals surface area contributed by atoms with Gasteiger partial charge in [0.15, 0.2) is 9.84 Å². The molecule has 2 bridgehead atoms. The van der Waals surface area contributed by atoms with Crippen LogP contribution in [0, 0.1) is 0 Å². The lowest BCUT2D eigenvalue weighted by molar-refractivity contribution is 0.0702. The zero-order chi connectivity index (χ0) is 23.6. The van der Waals surface area contributed by atoms with Gasteiger partial charge in [-0.1, -0.05) is 6.58 Å². The predicted molar refractivity (Wildman–Crippen MR) is 128 cm³/mol. The molecule has 8 nitrogen and oxygen atoms in total. The number of pyridine rings is 1. The van der Waals surface area contributed by atoms with E-state index in [1.165, 1.54) is 29.0 Å². The molecule has 1 aromatic carbocycles. The first kappa shape index (κ1) is 22.8. The van der Waals surface area contributed by atoms with Crippen molar-refractivity contribution < 1.29 is 13.2 Å². The molecule has 3 heterocycles. The zero-order valence-corrected chi connectivity index (χ0v) is 19.3. The molecular formula is C24H28N4O4S. The monoisotopic (exact) mass is 468 g/mol. The summed E-state index contributed by atoms with van der Waals surface area (Å²) in [6.45, 7) is 4.10. The Morgan fingerprint density at radius 2 is 1.85 bits per heavy atom. The Morgan fingerprint density at radius 3 is 2.42 bits per heavy atom. The maximum atomic E-state index is 12.7. The van der Waals surface area contributed by atoms with Gasteiger partial charge in [-0.25, -0.2) is 13.4 Å². The predicted octanol–water partition coefficient (Wildman–Crippen LogP) is 2.63. The lowest BCUT2D eigenvalue weighted by Crippen LogP contribution is -2.45. The highest BCUT2D eigenvalue weighted by atomic mass is 32.2. The van der Waals surface area contributed by atoms with E-state index in [0.29, 0.717) is 23.5 Å². The highest BCUT2D eigenvalue weighted by Crippen LogP contribution is 2.39. The third-order valence-electron chi connectivity index (χ3n) is 6.15. The summed E-state index contributed by atoms with van der Waals surface area (Å²) in [5.74, 6) is 1.27. The summed E-state index contributed by atoms with van der Waals surface area (Å²) >= 11 is 0. The second kappa shape index (κ2) is 9.27. The van der Waals surface area contributed by atoms with Crippen molar-refractivity contribution in [1.82, 2.24) is 9.47 Å². The number of aliphatic imine (C=N–C) groups is 1. The van der Waals surface area contributed by atoms with E-state index in [1.807, 2.05) is 0 Å². The third-order valence-corrected chi connectivity index (χ3v) is 7.27. The summed E-state index contributed by atoms with van der Waals surface area (Å²) < 4.78 is 30.9. The summed E-state index contributed by atoms with van der Waals surface area (Å²) in [7, 11) is -3.29. The van der Waals surface area contributed by atoms with Gasteiger partial charge in [0.25, 0.3) is 5.56 Å². The number of sulfone groups is 1. The van der Waals surface area contributed by atoms with Gasteiger partial charge in [-0.15, -0.1) is 0 Å². The standard InChI is InChI=1S/C24H28N4O4S/c1-17(26-12-3-11-25)28-19-4-5-20(28)15-22(14-19)32-21-10-13-27(24(29)16-21)18-6-8-23(9-7-18)33(2,30)31/h3,6-13,16,19-20,22H,1,4-5,14-15,25H2,2H3/b11-3-,26-12?/t19-,20-/m1/s1. The lowest BCUT2D eigenvalue weighted by atomic mass is 10.00. The summed E-state index contributed by atoms with van der Waals surface area (Å²) in [6, 6.07) is 10.1. The number of hydrogen-bond donors (Lipinski definition) is 1. The molecule has 2 saturated heterocycles. The number of aromatic nitrogens is 1. The van der Waals surface area contributed by atoms with Crippen molar-refractivity contribution in [3.05, 3.63) is 77.6 Å². The molecule has 174 valence electrons. The van der Waals surface area contributed by atoms with E-state index < -0.39 is 9.84 Å². The number of fused-ring (bicyclic) bond motifs is 2. The van der Waals surface area contributed by atoms with Crippen molar-refractivity contribution in [2.45, 2.75) is 48.8 Å². The quantitative estimate of drug-likeness (QED) is 0.626. The number of nitrogens with two attached hydrogens (primary N) is 1. The van der Waals surface area contributed by atoms with E-state index in [1.54, 1.807) is 36.7 Å². The summed E-state index contributed by atoms with van der Waals surface area (Å²) in [4.78, 5) is 19.6. The van der Waals surface area contributed by atoms with Crippen LogP contribution in [0.2, 0.25) is 0 Å². The fraction of sp³-hybridized carbons (Fsp3) is 0.333. The van der Waals surface area contributed by atoms with Crippen LogP contribution in [0.1, 0.15) is 25.7 Å². The van der Waals surface area contributed by atoms with E-state index in [0.717, 1.165) is 37.8 Å². The number of allylic oxidation sites excluding steroid dienone is 1. The molecule has 0 spiro atoms. The molecule has 2 fully saturated rings. The first-order valence-corrected chi connectivity index (χ1v) is 12.7. The average molecular weight is 469 g/mol. The number of nitrogens with zero attached hydrogens (tertiary/aromatic N) is 3. The van der Waals surface area contributed by atoms with Gasteiger partial charge >= 0.3 is 0 Å². The van der Waals surface area contributed by atoms with Gasteiger partial charge in [0, 0.05) is 55.3 Å². The van der Waals surface area contributed by atoms with Crippen LogP contribution in [-0.4, -0.2) is 48.5 Å². The molecule has 2 aliphatic rings. The third kappa shape index (κ3) is 5.03. The summed E-state index contributed by atoms with van der Waals surface area (Å²) in [6.07, 6.45) is 11.4. The van der Waals surface area contributed by atoms with Gasteiger partial charge in [-0.3, -0.25) is 9.36 Å². The lowest BCUT2D eigenvalue weighted by Gasteiger charge is -2.40. The molecule has 0 radical (unpaired) electrons. The maximum Gasteiger partial charge on any atom is 0.258 e. The SMILES string of the molecule is C=C(N=C/C=C\N)N1[C@@H]2CC[C@@H]1CC(Oc1ccn(-c3ccc(S(C)(=O)=O)cc3)c(=O)c1)C2. The minimum atomic E-state index is -3.29. The van der Waals surface area contributed by atoms with E-state index in [4.69, 9.17) is 10.5 Å². The second-order valence-electron chi connectivity index (χ2n) is 8.42. The highest BCUT2D eigenvalue weighted by molar-refractivity contribution is 7.90. The minimum absolute atomic E-state index is 0.0174. The molecule has 0 unspecified atom stereocenters. The second-order valence-corrected chi connectivity index (χ2v) is 10.4. The zero-order valence-electron chi connectivity index (χ0n) is 18.5. The summed E-state index contributed by atoms with van der Waals surface area (Å²) in [5, 5.41) is 0. The molecule has 4 rings (SSSR count). The molecule has 1 aromatic heterocycles. The number of piperidine rings is 1. The van der Waals surface area contributed by atoms with Gasteiger partial charge in [0.1, 0.15) is 17.7 Å². The Bertz CT molecular complexity index is 1230. The van der Waals surface area contributed by atoms with Crippen LogP contribution in [0.3, 0.4) is 0 Å². The molecule has 2 aliphatic heterocycles. The Kier molecular flexibility index (Phi) is 6.42. The largest absolute Gasteiger partial charge is 0.490 e. The molecular weight excluding hydrogens is 440 g/mol. The Morgan fingerprint density at radius 1 is 1.18 bits per heavy atom. The normalized spacial score (nSPS) is 22.8. The average Bonchev–Trinajstić information content (AvgIpc) is 3.04. The van der Waals surface area contributed by atoms with Gasteiger partial charge < -0.3 is 15.4 Å². The smallest absolute Gasteiger partial charge is 0.258 e. The van der Waals surface area contributed by atoms with E-state index >= 15 is 0 Å². The van der Waals surface area contributed by atoms with Crippen molar-refractivity contribution in [2.75, 3.05) is 6.26 Å². The fourth-order valence-electron chi connectivity index (χ4n) is 4.68. The number of benzene rings is 1. The van der Waals surface area contributed by atoms with Gasteiger partial charge in [-0.2, -0.15) is 0 Å². The van der Waals surface area contributed by atoms with Gasteiger partial charge in [-0.05, 0) is 55.4 Å². The van der Waals surface area contributed by atoms with Crippen molar-refractivity contribution in [1.29, 1.82) is 0 Å². The van der Waals surface area contributed by atoms with E-state index in [2.05, 4.69) is 16.5 Å². The summed E-state index contributed by atoms with van der Waals surface area (Å²) in [5.41, 5.74) is 5.70. The molecule has 2 N–H and O–H groups in total. The Labute approximate surface area is 193 Å². The Balaban J connectivity index is 1.43. The van der Waals surface area contributed by atoms with Crippen molar-refractivity contribution >= 4 is 16.1 Å². The minimum Gasteiger partial charge on any atom is -0.490 e. The van der Waals surface area contributed by atoms with Crippen LogP contribution in [0.5, 0.6) is 5.75 Å². The maximum absolute atomic E-state index is 12.7. The Hall–Kier alpha value is -3.33. The fourth-order valence-corrected chi connectivity index (χ4v) is 5.31. The first-order valence-electron chi connectivity index (χ1n) is 10.8. The van der Waals surface area contributed by atoms with Crippen LogP contribution < -0.4 is 16.0 Å². The molecule has 0 aliphatic carbocycles. The van der Waals surface area contributed by atoms with Gasteiger partial charge in [0.05, 0.1) is 4.90 Å². The van der Waals surface area contributed by atoms with Crippen LogP contribution >= 0.6 is 0 Å². The van der Waals surface area contributed by atoms with Crippen molar-refractivity contribution in [3.63, 3.8) is 0 Å². The molecule has 0 saturated carbocycles. The number of hydrogen-bond acceptors (Lipinski definition) is 7. The topological polar surface area (TPSA) is 107 Å². The van der Waals surface area contributed by atoms with Crippen LogP contribution in [0.25, 0.3) is 5.69 Å². The number of rotatable bonds is 7. The molecule has 2 atom stereocenters. The van der Waals surface area contributed by atoms with Crippen LogP contribution in [-0.2, 0) is 9.84 Å². The highest BCUT2D eigenvalue weighted by Gasteiger charge is 2.42. The van der Waals surface area contributed by atoms with Crippen molar-refractivity contribution in [3.8, 4) is 11.4 Å². The number of ether oxygens (including phenoxy) is 1. The van der Waals surface area contributed by atoms with Crippen molar-refractivity contribution in [2.24, 2.45) is 10.7 Å². The van der Waals surface area contributed by atoms with E-state index in [9.17, 15) is 13.2 Å². The van der Waals surface area contributed by atoms with E-state index in [-0.39, 0.29) is 16.6 Å². The van der Waals surface area contributed by atoms with Crippen LogP contribution in [0.15, 0.2) is 82.0 Å². The van der Waals surface area contributed by atoms with Crippen LogP contribution in [0.4, 0.5) is 0 Å².